The zero-order valence-corrected chi connectivity index (χ0v) is 12.9. The highest BCUT2D eigenvalue weighted by atomic mass is 19.4. The number of nitrogens with zero attached hydrogens (tertiary/aromatic N) is 1. The molecule has 1 unspecified atom stereocenters. The number of benzene rings is 1. The van der Waals surface area contributed by atoms with Crippen LogP contribution in [0.5, 0.6) is 0 Å². The van der Waals surface area contributed by atoms with Crippen LogP contribution in [0, 0.1) is 0 Å². The molecule has 1 atom stereocenters. The molecular weight excluding hydrogens is 311 g/mol. The largest absolute Gasteiger partial charge is 0.416 e. The van der Waals surface area contributed by atoms with E-state index in [4.69, 9.17) is 9.47 Å². The van der Waals surface area contributed by atoms with Crippen LogP contribution >= 0.6 is 0 Å². The molecule has 0 amide bonds. The van der Waals surface area contributed by atoms with Crippen molar-refractivity contribution in [1.29, 1.82) is 0 Å². The van der Waals surface area contributed by atoms with Crippen LogP contribution in [0.4, 0.5) is 13.2 Å². The van der Waals surface area contributed by atoms with Gasteiger partial charge < -0.3 is 14.6 Å². The minimum Gasteiger partial charge on any atom is -0.384 e. The third kappa shape index (κ3) is 3.52. The fraction of sp³-hybridized carbons (Fsp3) is 0.625. The van der Waals surface area contributed by atoms with E-state index in [-0.39, 0.29) is 12.1 Å². The number of β-amino-alcohol motifs (C(OH)–C–C–N with tert-alkyl or cyclic N) is 1. The molecule has 7 heteroatoms. The Hall–Kier alpha value is -1.15. The van der Waals surface area contributed by atoms with Gasteiger partial charge in [-0.3, -0.25) is 4.90 Å². The summed E-state index contributed by atoms with van der Waals surface area (Å²) >= 11 is 0. The van der Waals surface area contributed by atoms with Crippen molar-refractivity contribution in [1.82, 2.24) is 4.90 Å². The standard InChI is InChI=1S/C16H20F3NO3/c1-14(21,12-3-2-4-13(9-12)16(17,18)19)10-20-6-5-15(11-20)22-7-8-23-15/h2-4,9,21H,5-8,10-11H2,1H3. The molecule has 1 N–H and O–H groups in total. The molecule has 3 rings (SSSR count). The predicted octanol–water partition coefficient (Wildman–Crippen LogP) is 2.36. The Balaban J connectivity index is 1.72. The van der Waals surface area contributed by atoms with Crippen molar-refractivity contribution in [2.45, 2.75) is 30.9 Å². The van der Waals surface area contributed by atoms with E-state index in [9.17, 15) is 18.3 Å². The SMILES string of the molecule is CC(O)(CN1CCC2(C1)OCCO2)c1cccc(C(F)(F)F)c1. The molecule has 4 nitrogen and oxygen atoms in total. The summed E-state index contributed by atoms with van der Waals surface area (Å²) in [7, 11) is 0. The molecule has 2 aliphatic rings. The number of alkyl halides is 3. The minimum atomic E-state index is -4.42. The minimum absolute atomic E-state index is 0.225. The summed E-state index contributed by atoms with van der Waals surface area (Å²) in [6, 6.07) is 4.85. The maximum absolute atomic E-state index is 12.8. The molecule has 0 aromatic heterocycles. The molecule has 0 radical (unpaired) electrons. The lowest BCUT2D eigenvalue weighted by molar-refractivity contribution is -0.147. The van der Waals surface area contributed by atoms with E-state index in [1.54, 1.807) is 0 Å². The summed E-state index contributed by atoms with van der Waals surface area (Å²) in [5.41, 5.74) is -1.89. The fourth-order valence-corrected chi connectivity index (χ4v) is 3.25. The molecule has 0 bridgehead atoms. The quantitative estimate of drug-likeness (QED) is 0.923. The molecule has 1 aromatic rings. The van der Waals surface area contributed by atoms with E-state index < -0.39 is 23.1 Å². The molecule has 2 saturated heterocycles. The van der Waals surface area contributed by atoms with Gasteiger partial charge in [-0.2, -0.15) is 13.2 Å². The predicted molar refractivity (Wildman–Crippen MR) is 76.7 cm³/mol. The Morgan fingerprint density at radius 3 is 2.52 bits per heavy atom. The summed E-state index contributed by atoms with van der Waals surface area (Å²) in [6.45, 7) is 4.06. The average Bonchev–Trinajstić information content (AvgIpc) is 3.08. The molecule has 0 saturated carbocycles. The van der Waals surface area contributed by atoms with Crippen LogP contribution in [0.25, 0.3) is 0 Å². The zero-order chi connectivity index (χ0) is 16.7. The summed E-state index contributed by atoms with van der Waals surface area (Å²) in [6.07, 6.45) is -3.72. The van der Waals surface area contributed by atoms with Gasteiger partial charge in [-0.15, -0.1) is 0 Å². The normalized spacial score (nSPS) is 24.2. The third-order valence-electron chi connectivity index (χ3n) is 4.43. The van der Waals surface area contributed by atoms with Crippen molar-refractivity contribution < 1.29 is 27.8 Å². The lowest BCUT2D eigenvalue weighted by Crippen LogP contribution is -2.41. The van der Waals surface area contributed by atoms with E-state index in [2.05, 4.69) is 0 Å². The van der Waals surface area contributed by atoms with Gasteiger partial charge in [0.25, 0.3) is 0 Å². The van der Waals surface area contributed by atoms with Crippen LogP contribution in [0.15, 0.2) is 24.3 Å². The van der Waals surface area contributed by atoms with Crippen molar-refractivity contribution in [3.05, 3.63) is 35.4 Å². The van der Waals surface area contributed by atoms with Gasteiger partial charge in [0.2, 0.25) is 0 Å². The number of rotatable bonds is 3. The number of ether oxygens (including phenoxy) is 2. The highest BCUT2D eigenvalue weighted by Gasteiger charge is 2.44. The van der Waals surface area contributed by atoms with Gasteiger partial charge in [0.1, 0.15) is 0 Å². The lowest BCUT2D eigenvalue weighted by Gasteiger charge is -2.30. The number of aliphatic hydroxyl groups is 1. The zero-order valence-electron chi connectivity index (χ0n) is 12.9. The Morgan fingerprint density at radius 1 is 1.22 bits per heavy atom. The third-order valence-corrected chi connectivity index (χ3v) is 4.43. The molecule has 128 valence electrons. The lowest BCUT2D eigenvalue weighted by atomic mass is 9.93. The Kier molecular flexibility index (Phi) is 4.16. The maximum atomic E-state index is 12.8. The van der Waals surface area contributed by atoms with Gasteiger partial charge in [-0.05, 0) is 24.6 Å². The summed E-state index contributed by atoms with van der Waals surface area (Å²) in [5.74, 6) is -0.607. The number of halogens is 3. The summed E-state index contributed by atoms with van der Waals surface area (Å²) < 4.78 is 49.8. The maximum Gasteiger partial charge on any atom is 0.416 e. The molecule has 2 aliphatic heterocycles. The van der Waals surface area contributed by atoms with Crippen LogP contribution in [0.2, 0.25) is 0 Å². The van der Waals surface area contributed by atoms with Gasteiger partial charge in [-0.25, -0.2) is 0 Å². The monoisotopic (exact) mass is 331 g/mol. The number of hydrogen-bond acceptors (Lipinski definition) is 4. The second-order valence-electron chi connectivity index (χ2n) is 6.42. The van der Waals surface area contributed by atoms with Crippen molar-refractivity contribution in [2.75, 3.05) is 32.8 Å². The molecular formula is C16H20F3NO3. The second-order valence-corrected chi connectivity index (χ2v) is 6.42. The van der Waals surface area contributed by atoms with Crippen LogP contribution in [0.1, 0.15) is 24.5 Å². The van der Waals surface area contributed by atoms with Crippen LogP contribution < -0.4 is 0 Å². The molecule has 23 heavy (non-hydrogen) atoms. The molecule has 0 aliphatic carbocycles. The topological polar surface area (TPSA) is 41.9 Å². The van der Waals surface area contributed by atoms with Gasteiger partial charge in [0.05, 0.1) is 30.9 Å². The molecule has 1 spiro atoms. The van der Waals surface area contributed by atoms with E-state index >= 15 is 0 Å². The van der Waals surface area contributed by atoms with Crippen molar-refractivity contribution in [2.24, 2.45) is 0 Å². The first-order chi connectivity index (χ1) is 10.7. The fourth-order valence-electron chi connectivity index (χ4n) is 3.25. The van der Waals surface area contributed by atoms with Gasteiger partial charge in [0.15, 0.2) is 5.79 Å². The Morgan fingerprint density at radius 2 is 1.87 bits per heavy atom. The highest BCUT2D eigenvalue weighted by molar-refractivity contribution is 5.30. The molecule has 2 fully saturated rings. The van der Waals surface area contributed by atoms with Crippen molar-refractivity contribution >= 4 is 0 Å². The van der Waals surface area contributed by atoms with Gasteiger partial charge in [0, 0.05) is 19.5 Å². The molecule has 2 heterocycles. The van der Waals surface area contributed by atoms with Crippen LogP contribution in [0.3, 0.4) is 0 Å². The van der Waals surface area contributed by atoms with Crippen molar-refractivity contribution in [3.8, 4) is 0 Å². The van der Waals surface area contributed by atoms with Crippen LogP contribution in [-0.2, 0) is 21.3 Å². The Labute approximate surface area is 132 Å². The summed E-state index contributed by atoms with van der Waals surface area (Å²) in [5, 5.41) is 10.7. The second kappa shape index (κ2) is 5.73. The number of hydrogen-bond donors (Lipinski definition) is 1. The smallest absolute Gasteiger partial charge is 0.384 e. The Bertz CT molecular complexity index is 568. The average molecular weight is 331 g/mol. The van der Waals surface area contributed by atoms with E-state index in [1.165, 1.54) is 19.1 Å². The van der Waals surface area contributed by atoms with Gasteiger partial charge >= 0.3 is 6.18 Å². The molecule has 1 aromatic carbocycles. The van der Waals surface area contributed by atoms with Crippen LogP contribution in [-0.4, -0.2) is 48.6 Å². The van der Waals surface area contributed by atoms with Crippen molar-refractivity contribution in [3.63, 3.8) is 0 Å². The van der Waals surface area contributed by atoms with E-state index in [1.807, 2.05) is 4.90 Å². The highest BCUT2D eigenvalue weighted by Crippen LogP contribution is 2.35. The summed E-state index contributed by atoms with van der Waals surface area (Å²) in [4.78, 5) is 1.96. The number of likely N-dealkylation sites (tertiary alicyclic amines) is 1. The van der Waals surface area contributed by atoms with E-state index in [0.717, 1.165) is 12.1 Å². The van der Waals surface area contributed by atoms with Gasteiger partial charge in [-0.1, -0.05) is 12.1 Å². The first kappa shape index (κ1) is 16.7. The van der Waals surface area contributed by atoms with E-state index in [0.29, 0.717) is 32.7 Å². The first-order valence-corrected chi connectivity index (χ1v) is 7.61. The first-order valence-electron chi connectivity index (χ1n) is 7.61.